The molecule has 1 fully saturated rings. The van der Waals surface area contributed by atoms with Crippen LogP contribution in [0.5, 0.6) is 0 Å². The molecule has 0 spiro atoms. The summed E-state index contributed by atoms with van der Waals surface area (Å²) in [6, 6.07) is 0. The van der Waals surface area contributed by atoms with Crippen LogP contribution in [0.1, 0.15) is 6.42 Å². The molecule has 2 aliphatic rings. The molecule has 7 heteroatoms. The maximum atomic E-state index is 11.2. The lowest BCUT2D eigenvalue weighted by molar-refractivity contribution is -0.145. The molecule has 0 bridgehead atoms. The number of fused-ring (bicyclic) bond motifs is 1. The van der Waals surface area contributed by atoms with Crippen molar-refractivity contribution in [1.82, 2.24) is 4.90 Å². The Bertz CT molecular complexity index is 453. The number of aliphatic carboxylic acids is 2. The number of rotatable bonds is 3. The van der Waals surface area contributed by atoms with Crippen molar-refractivity contribution in [3.05, 3.63) is 22.8 Å². The highest BCUT2D eigenvalue weighted by molar-refractivity contribution is 8.04. The second kappa shape index (κ2) is 3.67. The normalized spacial score (nSPS) is 23.6. The zero-order valence-electron chi connectivity index (χ0n) is 7.91. The highest BCUT2D eigenvalue weighted by Crippen LogP contribution is 2.46. The fourth-order valence-electron chi connectivity index (χ4n) is 1.54. The topological polar surface area (TPSA) is 94.9 Å². The summed E-state index contributed by atoms with van der Waals surface area (Å²) in [5, 5.41) is 17.2. The predicted octanol–water partition coefficient (Wildman–Crippen LogP) is 0.229. The fourth-order valence-corrected chi connectivity index (χ4v) is 2.84. The average molecular weight is 241 g/mol. The van der Waals surface area contributed by atoms with E-state index in [0.29, 0.717) is 11.3 Å². The third-order valence-corrected chi connectivity index (χ3v) is 3.46. The van der Waals surface area contributed by atoms with Crippen molar-refractivity contribution in [3.8, 4) is 0 Å². The van der Waals surface area contributed by atoms with E-state index in [9.17, 15) is 14.4 Å². The highest BCUT2D eigenvalue weighted by atomic mass is 32.2. The average Bonchev–Trinajstić information content (AvgIpc) is 2.47. The van der Waals surface area contributed by atoms with Gasteiger partial charge in [-0.1, -0.05) is 11.8 Å². The third-order valence-electron chi connectivity index (χ3n) is 2.22. The van der Waals surface area contributed by atoms with Crippen molar-refractivity contribution in [2.45, 2.75) is 11.8 Å². The van der Waals surface area contributed by atoms with E-state index >= 15 is 0 Å². The molecule has 0 aromatic carbocycles. The quantitative estimate of drug-likeness (QED) is 0.542. The molecule has 84 valence electrons. The molecule has 0 aromatic heterocycles. The molecule has 0 aliphatic carbocycles. The van der Waals surface area contributed by atoms with Crippen LogP contribution in [0.15, 0.2) is 22.8 Å². The molecule has 16 heavy (non-hydrogen) atoms. The van der Waals surface area contributed by atoms with Crippen LogP contribution in [0.3, 0.4) is 0 Å². The Hall–Kier alpha value is -1.76. The number of carbonyl (C=O) groups is 3. The number of amides is 1. The zero-order chi connectivity index (χ0) is 11.9. The number of nitrogens with zero attached hydrogens (tertiary/aromatic N) is 1. The monoisotopic (exact) mass is 241 g/mol. The number of β-lactam (4-membered cyclic amide) rings is 1. The van der Waals surface area contributed by atoms with Crippen LogP contribution in [0.25, 0.3) is 0 Å². The number of carboxylic acid groups (broad SMARTS) is 2. The first-order chi connectivity index (χ1) is 7.50. The van der Waals surface area contributed by atoms with Crippen molar-refractivity contribution in [1.29, 1.82) is 0 Å². The summed E-state index contributed by atoms with van der Waals surface area (Å²) >= 11 is 1.20. The standard InChI is InChI=1S/C9H7NO5S/c11-5-3-6-10(5)8(9(14)15)4(16-6)1-2-7(12)13/h1-2,6H,3H2,(H,12,13)(H,14,15)/t6-/m0/s1. The van der Waals surface area contributed by atoms with Gasteiger partial charge in [-0.15, -0.1) is 0 Å². The summed E-state index contributed by atoms with van der Waals surface area (Å²) in [6.07, 6.45) is 2.37. The second-order valence-corrected chi connectivity index (χ2v) is 4.45. The first kappa shape index (κ1) is 10.7. The summed E-state index contributed by atoms with van der Waals surface area (Å²) < 4.78 is 0. The van der Waals surface area contributed by atoms with E-state index in [1.54, 1.807) is 0 Å². The Morgan fingerprint density at radius 2 is 2.12 bits per heavy atom. The van der Waals surface area contributed by atoms with Crippen molar-refractivity contribution < 1.29 is 24.6 Å². The van der Waals surface area contributed by atoms with Gasteiger partial charge in [-0.05, 0) is 6.08 Å². The van der Waals surface area contributed by atoms with Crippen LogP contribution in [-0.4, -0.2) is 38.3 Å². The lowest BCUT2D eigenvalue weighted by atomic mass is 10.1. The van der Waals surface area contributed by atoms with Crippen LogP contribution in [0.2, 0.25) is 0 Å². The molecule has 2 N–H and O–H groups in total. The van der Waals surface area contributed by atoms with Gasteiger partial charge in [0.25, 0.3) is 0 Å². The molecule has 6 nitrogen and oxygen atoms in total. The fraction of sp³-hybridized carbons (Fsp3) is 0.222. The molecular formula is C9H7NO5S. The van der Waals surface area contributed by atoms with Crippen molar-refractivity contribution in [2.75, 3.05) is 0 Å². The van der Waals surface area contributed by atoms with Gasteiger partial charge in [0, 0.05) is 11.0 Å². The Morgan fingerprint density at radius 1 is 1.44 bits per heavy atom. The zero-order valence-corrected chi connectivity index (χ0v) is 8.73. The SMILES string of the molecule is O=C(O)C=CC1=C(C(=O)O)N2C(=O)C[C@@H]2S1. The molecule has 2 heterocycles. The van der Waals surface area contributed by atoms with E-state index in [2.05, 4.69) is 0 Å². The van der Waals surface area contributed by atoms with E-state index in [-0.39, 0.29) is 17.0 Å². The number of thioether (sulfide) groups is 1. The first-order valence-electron chi connectivity index (χ1n) is 4.38. The predicted molar refractivity (Wildman–Crippen MR) is 54.3 cm³/mol. The molecule has 0 aromatic rings. The van der Waals surface area contributed by atoms with Gasteiger partial charge in [0.2, 0.25) is 5.91 Å². The van der Waals surface area contributed by atoms with Gasteiger partial charge in [-0.25, -0.2) is 9.59 Å². The van der Waals surface area contributed by atoms with Crippen molar-refractivity contribution >= 4 is 29.6 Å². The lowest BCUT2D eigenvalue weighted by Gasteiger charge is -2.33. The number of carbonyl (C=O) groups excluding carboxylic acids is 1. The maximum Gasteiger partial charge on any atom is 0.353 e. The maximum absolute atomic E-state index is 11.2. The number of carboxylic acids is 2. The molecule has 1 atom stereocenters. The van der Waals surface area contributed by atoms with Gasteiger partial charge < -0.3 is 10.2 Å². The molecule has 0 saturated carbocycles. The summed E-state index contributed by atoms with van der Waals surface area (Å²) in [5.74, 6) is -2.61. The summed E-state index contributed by atoms with van der Waals surface area (Å²) in [4.78, 5) is 34.0. The summed E-state index contributed by atoms with van der Waals surface area (Å²) in [5.41, 5.74) is -0.122. The molecular weight excluding hydrogens is 234 g/mol. The third kappa shape index (κ3) is 1.58. The largest absolute Gasteiger partial charge is 0.478 e. The second-order valence-electron chi connectivity index (χ2n) is 3.23. The van der Waals surface area contributed by atoms with Crippen LogP contribution in [0, 0.1) is 0 Å². The Morgan fingerprint density at radius 3 is 2.62 bits per heavy atom. The van der Waals surface area contributed by atoms with E-state index in [1.807, 2.05) is 0 Å². The van der Waals surface area contributed by atoms with Gasteiger partial charge in [-0.3, -0.25) is 9.69 Å². The van der Waals surface area contributed by atoms with Crippen LogP contribution in [-0.2, 0) is 14.4 Å². The number of hydrogen-bond donors (Lipinski definition) is 2. The molecule has 2 rings (SSSR count). The van der Waals surface area contributed by atoms with Crippen molar-refractivity contribution in [3.63, 3.8) is 0 Å². The molecule has 0 unspecified atom stereocenters. The van der Waals surface area contributed by atoms with Crippen LogP contribution >= 0.6 is 11.8 Å². The molecule has 1 saturated heterocycles. The minimum Gasteiger partial charge on any atom is -0.478 e. The Kier molecular flexibility index (Phi) is 2.47. The van der Waals surface area contributed by atoms with Gasteiger partial charge in [0.15, 0.2) is 0 Å². The van der Waals surface area contributed by atoms with Crippen LogP contribution < -0.4 is 0 Å². The molecule has 0 radical (unpaired) electrons. The van der Waals surface area contributed by atoms with E-state index < -0.39 is 11.9 Å². The minimum absolute atomic E-state index is 0.122. The van der Waals surface area contributed by atoms with Gasteiger partial charge in [0.05, 0.1) is 11.8 Å². The number of hydrogen-bond acceptors (Lipinski definition) is 4. The lowest BCUT2D eigenvalue weighted by Crippen LogP contribution is -2.48. The number of allylic oxidation sites excluding steroid dienone is 1. The van der Waals surface area contributed by atoms with E-state index in [0.717, 1.165) is 6.08 Å². The first-order valence-corrected chi connectivity index (χ1v) is 5.26. The van der Waals surface area contributed by atoms with Crippen LogP contribution in [0.4, 0.5) is 0 Å². The van der Waals surface area contributed by atoms with Gasteiger partial charge in [-0.2, -0.15) is 0 Å². The molecule has 1 amide bonds. The highest BCUT2D eigenvalue weighted by Gasteiger charge is 2.47. The van der Waals surface area contributed by atoms with Crippen molar-refractivity contribution in [2.24, 2.45) is 0 Å². The van der Waals surface area contributed by atoms with Gasteiger partial charge in [0.1, 0.15) is 5.70 Å². The van der Waals surface area contributed by atoms with E-state index in [1.165, 1.54) is 22.7 Å². The summed E-state index contributed by atoms with van der Waals surface area (Å²) in [6.45, 7) is 0. The summed E-state index contributed by atoms with van der Waals surface area (Å²) in [7, 11) is 0. The Labute approximate surface area is 94.2 Å². The van der Waals surface area contributed by atoms with Gasteiger partial charge >= 0.3 is 11.9 Å². The Balaban J connectivity index is 2.32. The minimum atomic E-state index is -1.21. The smallest absolute Gasteiger partial charge is 0.353 e. The molecule has 2 aliphatic heterocycles. The van der Waals surface area contributed by atoms with E-state index in [4.69, 9.17) is 10.2 Å².